The van der Waals surface area contributed by atoms with E-state index in [-0.39, 0.29) is 12.1 Å². The Morgan fingerprint density at radius 1 is 1.21 bits per heavy atom. The molecule has 0 aromatic heterocycles. The third-order valence-corrected chi connectivity index (χ3v) is 4.33. The molecular formula is C13H22F4N2. The summed E-state index contributed by atoms with van der Waals surface area (Å²) in [6.45, 7) is 2.09. The number of alkyl halides is 4. The molecular weight excluding hydrogens is 260 g/mol. The van der Waals surface area contributed by atoms with E-state index in [1.54, 1.807) is 4.90 Å². The molecule has 2 heterocycles. The van der Waals surface area contributed by atoms with Gasteiger partial charge < -0.3 is 5.32 Å². The Kier molecular flexibility index (Phi) is 4.71. The average Bonchev–Trinajstić information content (AvgIpc) is 2.29. The van der Waals surface area contributed by atoms with Gasteiger partial charge >= 0.3 is 12.3 Å². The topological polar surface area (TPSA) is 15.3 Å². The van der Waals surface area contributed by atoms with Crippen LogP contribution in [0.15, 0.2) is 0 Å². The fourth-order valence-electron chi connectivity index (χ4n) is 3.50. The second kappa shape index (κ2) is 5.95. The second-order valence-electron chi connectivity index (χ2n) is 5.70. The number of piperidine rings is 2. The largest absolute Gasteiger partial charge is 0.319 e. The first-order chi connectivity index (χ1) is 8.94. The lowest BCUT2D eigenvalue weighted by molar-refractivity contribution is -0.159. The van der Waals surface area contributed by atoms with Crippen LogP contribution in [0.4, 0.5) is 17.6 Å². The molecule has 0 aromatic carbocycles. The van der Waals surface area contributed by atoms with Gasteiger partial charge in [-0.3, -0.25) is 4.90 Å². The van der Waals surface area contributed by atoms with E-state index >= 15 is 0 Å². The Morgan fingerprint density at radius 3 is 2.26 bits per heavy atom. The lowest BCUT2D eigenvalue weighted by atomic mass is 9.81. The van der Waals surface area contributed by atoms with Crippen LogP contribution in [-0.4, -0.2) is 48.5 Å². The molecule has 0 saturated carbocycles. The molecule has 2 atom stereocenters. The SMILES string of the molecule is CCNC1CC2CCCC(C1)N2CC(F)(F)C(F)F. The minimum atomic E-state index is -3.89. The Hall–Kier alpha value is -0.360. The molecule has 2 saturated heterocycles. The minimum absolute atomic E-state index is 0.0289. The second-order valence-corrected chi connectivity index (χ2v) is 5.70. The first-order valence-corrected chi connectivity index (χ1v) is 7.09. The van der Waals surface area contributed by atoms with Crippen molar-refractivity contribution in [1.82, 2.24) is 10.2 Å². The van der Waals surface area contributed by atoms with E-state index in [4.69, 9.17) is 0 Å². The third kappa shape index (κ3) is 3.40. The van der Waals surface area contributed by atoms with Crippen LogP contribution < -0.4 is 5.32 Å². The summed E-state index contributed by atoms with van der Waals surface area (Å²) in [5.41, 5.74) is 0. The van der Waals surface area contributed by atoms with Crippen molar-refractivity contribution in [2.24, 2.45) is 0 Å². The van der Waals surface area contributed by atoms with Crippen LogP contribution in [-0.2, 0) is 0 Å². The van der Waals surface area contributed by atoms with Crippen LogP contribution in [0.2, 0.25) is 0 Å². The minimum Gasteiger partial charge on any atom is -0.314 e. The third-order valence-electron chi connectivity index (χ3n) is 4.33. The van der Waals surface area contributed by atoms with Gasteiger partial charge in [-0.2, -0.15) is 8.78 Å². The van der Waals surface area contributed by atoms with Crippen molar-refractivity contribution < 1.29 is 17.6 Å². The number of rotatable bonds is 5. The monoisotopic (exact) mass is 282 g/mol. The van der Waals surface area contributed by atoms with Crippen LogP contribution in [0.5, 0.6) is 0 Å². The lowest BCUT2D eigenvalue weighted by Gasteiger charge is -2.49. The van der Waals surface area contributed by atoms with Gasteiger partial charge in [0.15, 0.2) is 0 Å². The maximum Gasteiger partial charge on any atom is 0.319 e. The summed E-state index contributed by atoms with van der Waals surface area (Å²) >= 11 is 0. The first-order valence-electron chi connectivity index (χ1n) is 7.09. The Bertz CT molecular complexity index is 284. The Morgan fingerprint density at radius 2 is 1.79 bits per heavy atom. The summed E-state index contributed by atoms with van der Waals surface area (Å²) in [4.78, 5) is 1.64. The van der Waals surface area contributed by atoms with Crippen LogP contribution in [0.3, 0.4) is 0 Å². The maximum atomic E-state index is 13.3. The predicted octanol–water partition coefficient (Wildman–Crippen LogP) is 2.88. The standard InChI is InChI=1S/C13H22F4N2/c1-2-18-9-6-10-4-3-5-11(7-9)19(10)8-13(16,17)12(14)15/h9-12,18H,2-8H2,1H3. The van der Waals surface area contributed by atoms with Crippen molar-refractivity contribution in [3.63, 3.8) is 0 Å². The summed E-state index contributed by atoms with van der Waals surface area (Å²) in [6, 6.07) is 0.402. The van der Waals surface area contributed by atoms with E-state index in [0.29, 0.717) is 6.04 Å². The molecule has 2 rings (SSSR count). The molecule has 0 radical (unpaired) electrons. The number of hydrogen-bond donors (Lipinski definition) is 1. The van der Waals surface area contributed by atoms with Gasteiger partial charge in [-0.25, -0.2) is 8.78 Å². The number of halogens is 4. The van der Waals surface area contributed by atoms with E-state index in [1.165, 1.54) is 0 Å². The summed E-state index contributed by atoms with van der Waals surface area (Å²) in [5.74, 6) is -3.89. The average molecular weight is 282 g/mol. The van der Waals surface area contributed by atoms with E-state index < -0.39 is 18.9 Å². The molecule has 0 amide bonds. The highest BCUT2D eigenvalue weighted by atomic mass is 19.3. The normalized spacial score (nSPS) is 32.8. The summed E-state index contributed by atoms with van der Waals surface area (Å²) in [7, 11) is 0. The number of hydrogen-bond acceptors (Lipinski definition) is 2. The van der Waals surface area contributed by atoms with Crippen molar-refractivity contribution >= 4 is 0 Å². The molecule has 2 aliphatic rings. The molecule has 0 aromatic rings. The van der Waals surface area contributed by atoms with E-state index in [0.717, 1.165) is 38.6 Å². The molecule has 6 heteroatoms. The molecule has 1 N–H and O–H groups in total. The van der Waals surface area contributed by atoms with Crippen molar-refractivity contribution in [3.8, 4) is 0 Å². The summed E-state index contributed by atoms with van der Waals surface area (Å²) in [6.07, 6.45) is 0.730. The Labute approximate surface area is 111 Å². The van der Waals surface area contributed by atoms with Crippen LogP contribution >= 0.6 is 0 Å². The molecule has 2 fully saturated rings. The fourth-order valence-corrected chi connectivity index (χ4v) is 3.50. The zero-order valence-corrected chi connectivity index (χ0v) is 11.2. The fraction of sp³-hybridized carbons (Fsp3) is 1.00. The molecule has 0 spiro atoms. The molecule has 112 valence electrons. The molecule has 0 aliphatic carbocycles. The van der Waals surface area contributed by atoms with Crippen molar-refractivity contribution in [1.29, 1.82) is 0 Å². The van der Waals surface area contributed by atoms with Gasteiger partial charge in [-0.05, 0) is 32.2 Å². The number of nitrogens with one attached hydrogen (secondary N) is 1. The predicted molar refractivity (Wildman–Crippen MR) is 65.8 cm³/mol. The van der Waals surface area contributed by atoms with Gasteiger partial charge in [0.05, 0.1) is 6.54 Å². The zero-order valence-electron chi connectivity index (χ0n) is 11.2. The van der Waals surface area contributed by atoms with E-state index in [1.807, 2.05) is 6.92 Å². The zero-order chi connectivity index (χ0) is 14.0. The smallest absolute Gasteiger partial charge is 0.314 e. The van der Waals surface area contributed by atoms with Gasteiger partial charge in [0, 0.05) is 18.1 Å². The van der Waals surface area contributed by atoms with Gasteiger partial charge in [0.25, 0.3) is 0 Å². The maximum absolute atomic E-state index is 13.3. The van der Waals surface area contributed by atoms with Crippen LogP contribution in [0.1, 0.15) is 39.0 Å². The molecule has 2 unspecified atom stereocenters. The van der Waals surface area contributed by atoms with Crippen LogP contribution in [0, 0.1) is 0 Å². The quantitative estimate of drug-likeness (QED) is 0.780. The number of nitrogens with zero attached hydrogens (tertiary/aromatic N) is 1. The highest BCUT2D eigenvalue weighted by molar-refractivity contribution is 4.96. The van der Waals surface area contributed by atoms with Crippen molar-refractivity contribution in [2.45, 2.75) is 69.5 Å². The molecule has 19 heavy (non-hydrogen) atoms. The molecule has 2 bridgehead atoms. The summed E-state index contributed by atoms with van der Waals surface area (Å²) in [5, 5.41) is 3.36. The Balaban J connectivity index is 2.02. The van der Waals surface area contributed by atoms with Gasteiger partial charge in [0.2, 0.25) is 0 Å². The summed E-state index contributed by atoms with van der Waals surface area (Å²) < 4.78 is 51.3. The van der Waals surface area contributed by atoms with Crippen molar-refractivity contribution in [3.05, 3.63) is 0 Å². The van der Waals surface area contributed by atoms with Crippen molar-refractivity contribution in [2.75, 3.05) is 13.1 Å². The van der Waals surface area contributed by atoms with Gasteiger partial charge in [-0.15, -0.1) is 0 Å². The first kappa shape index (κ1) is 15.0. The molecule has 2 aliphatic heterocycles. The van der Waals surface area contributed by atoms with E-state index in [2.05, 4.69) is 5.32 Å². The van der Waals surface area contributed by atoms with Crippen LogP contribution in [0.25, 0.3) is 0 Å². The lowest BCUT2D eigenvalue weighted by Crippen LogP contribution is -2.59. The van der Waals surface area contributed by atoms with Gasteiger partial charge in [0.1, 0.15) is 0 Å². The van der Waals surface area contributed by atoms with E-state index in [9.17, 15) is 17.6 Å². The molecule has 2 nitrogen and oxygen atoms in total. The number of fused-ring (bicyclic) bond motifs is 2. The highest BCUT2D eigenvalue weighted by Gasteiger charge is 2.47. The van der Waals surface area contributed by atoms with Gasteiger partial charge in [-0.1, -0.05) is 13.3 Å². The highest BCUT2D eigenvalue weighted by Crippen LogP contribution is 2.37.